The number of rotatable bonds is 12. The average molecular weight is 393 g/mol. The summed E-state index contributed by atoms with van der Waals surface area (Å²) in [6.45, 7) is 7.56. The quantitative estimate of drug-likeness (QED) is 0.324. The fraction of sp³-hybridized carbons (Fsp3) is 0.423. The van der Waals surface area contributed by atoms with E-state index in [0.29, 0.717) is 0 Å². The zero-order valence-corrected chi connectivity index (χ0v) is 18.5. The van der Waals surface area contributed by atoms with Crippen molar-refractivity contribution in [2.24, 2.45) is 0 Å². The Hall–Kier alpha value is -2.39. The minimum Gasteiger partial charge on any atom is -0.372 e. The highest BCUT2D eigenvalue weighted by Crippen LogP contribution is 2.18. The average Bonchev–Trinajstić information content (AvgIpc) is 2.73. The Bertz CT molecular complexity index is 752. The van der Waals surface area contributed by atoms with Gasteiger partial charge < -0.3 is 9.80 Å². The smallest absolute Gasteiger partial charge is 0.185 e. The number of carbonyl (C=O) groups is 1. The molecule has 156 valence electrons. The topological polar surface area (TPSA) is 23.6 Å². The van der Waals surface area contributed by atoms with Crippen LogP contribution in [-0.4, -0.2) is 37.9 Å². The number of carbonyl (C=O) groups excluding carboxylic acids is 1. The molecule has 0 aliphatic carbocycles. The van der Waals surface area contributed by atoms with E-state index in [1.165, 1.54) is 36.9 Å². The van der Waals surface area contributed by atoms with Crippen molar-refractivity contribution in [3.63, 3.8) is 0 Å². The van der Waals surface area contributed by atoms with Crippen LogP contribution in [0.3, 0.4) is 0 Å². The fourth-order valence-electron chi connectivity index (χ4n) is 3.27. The van der Waals surface area contributed by atoms with Crippen molar-refractivity contribution < 1.29 is 4.79 Å². The summed E-state index contributed by atoms with van der Waals surface area (Å²) in [5.74, 6) is 0.0398. The number of hydrogen-bond acceptors (Lipinski definition) is 3. The van der Waals surface area contributed by atoms with Crippen molar-refractivity contribution in [1.29, 1.82) is 0 Å². The molecule has 2 aromatic rings. The van der Waals surface area contributed by atoms with Gasteiger partial charge >= 0.3 is 0 Å². The molecule has 0 amide bonds. The van der Waals surface area contributed by atoms with E-state index in [1.807, 2.05) is 44.4 Å². The zero-order chi connectivity index (χ0) is 21.1. The highest BCUT2D eigenvalue weighted by molar-refractivity contribution is 6.06. The van der Waals surface area contributed by atoms with Gasteiger partial charge in [0.15, 0.2) is 5.78 Å². The number of ketones is 1. The molecule has 0 spiro atoms. The van der Waals surface area contributed by atoms with Crippen LogP contribution in [-0.2, 0) is 6.54 Å². The number of allylic oxidation sites excluding steroid dienone is 1. The Labute approximate surface area is 177 Å². The number of anilines is 1. The summed E-state index contributed by atoms with van der Waals surface area (Å²) in [6.07, 6.45) is 8.42. The van der Waals surface area contributed by atoms with Gasteiger partial charge in [0.05, 0.1) is 0 Å². The Balaban J connectivity index is 2.00. The highest BCUT2D eigenvalue weighted by atomic mass is 16.1. The highest BCUT2D eigenvalue weighted by Gasteiger charge is 2.06. The van der Waals surface area contributed by atoms with Crippen molar-refractivity contribution >= 4 is 17.5 Å². The number of unbranched alkanes of at least 4 members (excludes halogenated alkanes) is 2. The van der Waals surface area contributed by atoms with Gasteiger partial charge in [0.1, 0.15) is 0 Å². The number of nitrogens with zero attached hydrogens (tertiary/aromatic N) is 2. The SMILES string of the molecule is CCCCN(CCCC)c1ccc(C=CC(=O)c2ccc(CN(C)C)cc2)cc1. The van der Waals surface area contributed by atoms with Crippen LogP contribution in [0.2, 0.25) is 0 Å². The summed E-state index contributed by atoms with van der Waals surface area (Å²) in [6, 6.07) is 16.4. The number of hydrogen-bond donors (Lipinski definition) is 0. The molecule has 0 heterocycles. The monoisotopic (exact) mass is 392 g/mol. The van der Waals surface area contributed by atoms with E-state index in [4.69, 9.17) is 0 Å². The molecule has 3 heteroatoms. The van der Waals surface area contributed by atoms with Gasteiger partial charge in [-0.15, -0.1) is 0 Å². The van der Waals surface area contributed by atoms with E-state index in [2.05, 4.69) is 47.9 Å². The Kier molecular flexibility index (Phi) is 9.66. The third-order valence-corrected chi connectivity index (χ3v) is 4.99. The summed E-state index contributed by atoms with van der Waals surface area (Å²) in [7, 11) is 4.08. The molecule has 0 saturated heterocycles. The molecule has 0 atom stereocenters. The van der Waals surface area contributed by atoms with Crippen LogP contribution >= 0.6 is 0 Å². The molecule has 0 fully saturated rings. The lowest BCUT2D eigenvalue weighted by molar-refractivity contribution is 0.104. The maximum absolute atomic E-state index is 12.5. The first-order chi connectivity index (χ1) is 14.0. The van der Waals surface area contributed by atoms with Crippen LogP contribution in [0.4, 0.5) is 5.69 Å². The molecular weight excluding hydrogens is 356 g/mol. The summed E-state index contributed by atoms with van der Waals surface area (Å²) in [4.78, 5) is 17.0. The largest absolute Gasteiger partial charge is 0.372 e. The molecule has 2 rings (SSSR count). The third-order valence-electron chi connectivity index (χ3n) is 4.99. The minimum absolute atomic E-state index is 0.0398. The molecule has 2 aromatic carbocycles. The lowest BCUT2D eigenvalue weighted by atomic mass is 10.1. The van der Waals surface area contributed by atoms with Gasteiger partial charge in [-0.25, -0.2) is 0 Å². The van der Waals surface area contributed by atoms with Crippen LogP contribution in [0.1, 0.15) is 61.0 Å². The molecule has 0 N–H and O–H groups in total. The molecule has 0 saturated carbocycles. The van der Waals surface area contributed by atoms with E-state index in [0.717, 1.165) is 30.8 Å². The Morgan fingerprint density at radius 2 is 1.45 bits per heavy atom. The van der Waals surface area contributed by atoms with Gasteiger partial charge in [0.2, 0.25) is 0 Å². The van der Waals surface area contributed by atoms with Crippen LogP contribution in [0, 0.1) is 0 Å². The zero-order valence-electron chi connectivity index (χ0n) is 18.5. The lowest BCUT2D eigenvalue weighted by Crippen LogP contribution is -2.25. The second kappa shape index (κ2) is 12.2. The number of benzene rings is 2. The lowest BCUT2D eigenvalue weighted by Gasteiger charge is -2.24. The first-order valence-electron chi connectivity index (χ1n) is 10.8. The van der Waals surface area contributed by atoms with E-state index in [1.54, 1.807) is 6.08 Å². The van der Waals surface area contributed by atoms with E-state index >= 15 is 0 Å². The third kappa shape index (κ3) is 7.86. The first kappa shape index (κ1) is 22.9. The van der Waals surface area contributed by atoms with Crippen molar-refractivity contribution in [2.75, 3.05) is 32.1 Å². The molecule has 0 aliphatic rings. The second-order valence-corrected chi connectivity index (χ2v) is 7.92. The minimum atomic E-state index is 0.0398. The maximum atomic E-state index is 12.5. The van der Waals surface area contributed by atoms with Gasteiger partial charge in [0, 0.05) is 30.9 Å². The van der Waals surface area contributed by atoms with Gasteiger partial charge in [-0.2, -0.15) is 0 Å². The van der Waals surface area contributed by atoms with Crippen LogP contribution < -0.4 is 4.90 Å². The molecule has 0 unspecified atom stereocenters. The van der Waals surface area contributed by atoms with Crippen molar-refractivity contribution in [2.45, 2.75) is 46.1 Å². The molecule has 29 heavy (non-hydrogen) atoms. The predicted octanol–water partition coefficient (Wildman–Crippen LogP) is 6.05. The first-order valence-corrected chi connectivity index (χ1v) is 10.8. The van der Waals surface area contributed by atoms with Gasteiger partial charge in [-0.05, 0) is 56.3 Å². The van der Waals surface area contributed by atoms with Crippen LogP contribution in [0.15, 0.2) is 54.6 Å². The van der Waals surface area contributed by atoms with E-state index in [9.17, 15) is 4.79 Å². The van der Waals surface area contributed by atoms with Crippen molar-refractivity contribution in [3.8, 4) is 0 Å². The fourth-order valence-corrected chi connectivity index (χ4v) is 3.27. The molecule has 0 aromatic heterocycles. The maximum Gasteiger partial charge on any atom is 0.185 e. The van der Waals surface area contributed by atoms with E-state index < -0.39 is 0 Å². The summed E-state index contributed by atoms with van der Waals surface area (Å²) < 4.78 is 0. The summed E-state index contributed by atoms with van der Waals surface area (Å²) in [5.41, 5.74) is 4.26. The molecular formula is C26H36N2O. The van der Waals surface area contributed by atoms with E-state index in [-0.39, 0.29) is 5.78 Å². The summed E-state index contributed by atoms with van der Waals surface area (Å²) >= 11 is 0. The van der Waals surface area contributed by atoms with Crippen molar-refractivity contribution in [3.05, 3.63) is 71.3 Å². The molecule has 3 nitrogen and oxygen atoms in total. The predicted molar refractivity (Wildman–Crippen MR) is 126 cm³/mol. The standard InChI is InChI=1S/C26H36N2O/c1-5-7-19-28(20-8-6-2)25-16-11-22(12-17-25)13-18-26(29)24-14-9-23(10-15-24)21-27(3)4/h9-18H,5-8,19-21H2,1-4H3. The van der Waals surface area contributed by atoms with Crippen LogP contribution in [0.5, 0.6) is 0 Å². The van der Waals surface area contributed by atoms with Crippen molar-refractivity contribution in [1.82, 2.24) is 4.90 Å². The summed E-state index contributed by atoms with van der Waals surface area (Å²) in [5, 5.41) is 0. The van der Waals surface area contributed by atoms with Crippen LogP contribution in [0.25, 0.3) is 6.08 Å². The van der Waals surface area contributed by atoms with Gasteiger partial charge in [-0.1, -0.05) is 69.2 Å². The van der Waals surface area contributed by atoms with Gasteiger partial charge in [0.25, 0.3) is 0 Å². The molecule has 0 radical (unpaired) electrons. The Morgan fingerprint density at radius 3 is 1.97 bits per heavy atom. The molecule has 0 bridgehead atoms. The molecule has 0 aliphatic heterocycles. The Morgan fingerprint density at radius 1 is 0.862 bits per heavy atom. The second-order valence-electron chi connectivity index (χ2n) is 7.92. The van der Waals surface area contributed by atoms with Gasteiger partial charge in [-0.3, -0.25) is 4.79 Å². The normalized spacial score (nSPS) is 11.3.